The lowest BCUT2D eigenvalue weighted by Crippen LogP contribution is -2.14. The number of carbonyl (C=O) groups excluding carboxylic acids is 2. The number of ketones is 1. The largest absolute Gasteiger partial charge is 0.487 e. The van der Waals surface area contributed by atoms with Crippen molar-refractivity contribution in [3.63, 3.8) is 0 Å². The highest BCUT2D eigenvalue weighted by molar-refractivity contribution is 6.99. The molecule has 0 bridgehead atoms. The number of nitrogens with one attached hydrogen (secondary N) is 1. The average Bonchev–Trinajstić information content (AvgIpc) is 3.46. The van der Waals surface area contributed by atoms with Crippen molar-refractivity contribution in [2.75, 3.05) is 5.32 Å². The summed E-state index contributed by atoms with van der Waals surface area (Å²) >= 11 is 1.13. The van der Waals surface area contributed by atoms with E-state index < -0.39 is 0 Å². The summed E-state index contributed by atoms with van der Waals surface area (Å²) in [7, 11) is 0. The minimum atomic E-state index is -0.383. The first-order valence-corrected chi connectivity index (χ1v) is 11.7. The number of para-hydroxylation sites is 1. The van der Waals surface area contributed by atoms with Crippen LogP contribution in [-0.2, 0) is 6.61 Å². The van der Waals surface area contributed by atoms with Gasteiger partial charge in [0.05, 0.1) is 23.1 Å². The zero-order valence-electron chi connectivity index (χ0n) is 19.1. The second-order valence-corrected chi connectivity index (χ2v) is 8.59. The highest BCUT2D eigenvalue weighted by Crippen LogP contribution is 2.33. The first-order chi connectivity index (χ1) is 17.0. The van der Waals surface area contributed by atoms with Crippen molar-refractivity contribution in [1.29, 1.82) is 0 Å². The fourth-order valence-corrected chi connectivity index (χ4v) is 4.16. The van der Waals surface area contributed by atoms with Gasteiger partial charge in [-0.25, -0.2) is 0 Å². The van der Waals surface area contributed by atoms with Crippen LogP contribution in [0.1, 0.15) is 43.4 Å². The van der Waals surface area contributed by atoms with Crippen LogP contribution in [-0.4, -0.2) is 20.4 Å². The Hall–Kier alpha value is -4.30. The number of furan rings is 1. The number of aromatic nitrogens is 2. The summed E-state index contributed by atoms with van der Waals surface area (Å²) < 4.78 is 20.1. The molecule has 0 atom stereocenters. The van der Waals surface area contributed by atoms with Crippen LogP contribution in [0.2, 0.25) is 0 Å². The third-order valence-corrected chi connectivity index (χ3v) is 6.23. The fraction of sp³-hybridized carbons (Fsp3) is 0.111. The molecule has 5 aromatic rings. The molecule has 7 nitrogen and oxygen atoms in total. The predicted molar refractivity (Wildman–Crippen MR) is 134 cm³/mol. The molecule has 0 saturated heterocycles. The molecule has 0 radical (unpaired) electrons. The second-order valence-electron chi connectivity index (χ2n) is 8.06. The lowest BCUT2D eigenvalue weighted by atomic mass is 10.1. The topological polar surface area (TPSA) is 94.3 Å². The third kappa shape index (κ3) is 4.69. The number of aryl methyl sites for hydroxylation is 2. The number of amides is 1. The quantitative estimate of drug-likeness (QED) is 0.287. The monoisotopic (exact) mass is 483 g/mol. The Morgan fingerprint density at radius 3 is 2.51 bits per heavy atom. The zero-order chi connectivity index (χ0) is 24.4. The van der Waals surface area contributed by atoms with Gasteiger partial charge < -0.3 is 14.5 Å². The molecule has 2 aromatic heterocycles. The second kappa shape index (κ2) is 9.52. The molecule has 1 N–H and O–H groups in total. The van der Waals surface area contributed by atoms with Crippen LogP contribution < -0.4 is 10.1 Å². The number of hydrogen-bond donors (Lipinski definition) is 1. The van der Waals surface area contributed by atoms with Gasteiger partial charge in [-0.1, -0.05) is 48.0 Å². The van der Waals surface area contributed by atoms with E-state index in [9.17, 15) is 9.59 Å². The Labute approximate surface area is 205 Å². The first kappa shape index (κ1) is 22.5. The van der Waals surface area contributed by atoms with Crippen molar-refractivity contribution in [2.45, 2.75) is 20.5 Å². The lowest BCUT2D eigenvalue weighted by molar-refractivity contribution is 0.101. The van der Waals surface area contributed by atoms with Gasteiger partial charge in [-0.3, -0.25) is 9.59 Å². The minimum absolute atomic E-state index is 0.0855. The SMILES string of the molecule is Cc1ccc(C(=O)c2oc3ccccc3c2NC(=O)c2cccc(OCc3nsnc3C)c2)cc1. The van der Waals surface area contributed by atoms with E-state index in [-0.39, 0.29) is 24.1 Å². The van der Waals surface area contributed by atoms with Crippen LogP contribution in [0, 0.1) is 13.8 Å². The Morgan fingerprint density at radius 1 is 0.943 bits per heavy atom. The minimum Gasteiger partial charge on any atom is -0.487 e. The maximum absolute atomic E-state index is 13.3. The Bertz CT molecular complexity index is 1540. The van der Waals surface area contributed by atoms with Gasteiger partial charge in [-0.2, -0.15) is 8.75 Å². The van der Waals surface area contributed by atoms with Crippen LogP contribution in [0.3, 0.4) is 0 Å². The normalized spacial score (nSPS) is 10.9. The molecule has 0 saturated carbocycles. The number of fused-ring (bicyclic) bond motifs is 1. The molecule has 0 spiro atoms. The summed E-state index contributed by atoms with van der Waals surface area (Å²) in [5.74, 6) is -0.0762. The maximum atomic E-state index is 13.3. The van der Waals surface area contributed by atoms with Crippen molar-refractivity contribution in [2.24, 2.45) is 0 Å². The molecule has 3 aromatic carbocycles. The van der Waals surface area contributed by atoms with Gasteiger partial charge in [0, 0.05) is 16.5 Å². The molecule has 0 unspecified atom stereocenters. The summed E-state index contributed by atoms with van der Waals surface area (Å²) in [5, 5.41) is 3.54. The smallest absolute Gasteiger partial charge is 0.255 e. The molecule has 2 heterocycles. The molecular weight excluding hydrogens is 462 g/mol. The molecule has 0 aliphatic carbocycles. The number of ether oxygens (including phenoxy) is 1. The number of rotatable bonds is 7. The fourth-order valence-electron chi connectivity index (χ4n) is 3.61. The molecule has 0 aliphatic heterocycles. The highest BCUT2D eigenvalue weighted by atomic mass is 32.1. The van der Waals surface area contributed by atoms with Crippen LogP contribution in [0.25, 0.3) is 11.0 Å². The van der Waals surface area contributed by atoms with E-state index in [1.807, 2.05) is 44.2 Å². The van der Waals surface area contributed by atoms with Gasteiger partial charge in [0.15, 0.2) is 5.76 Å². The van der Waals surface area contributed by atoms with Crippen molar-refractivity contribution in [1.82, 2.24) is 8.75 Å². The number of benzene rings is 3. The van der Waals surface area contributed by atoms with E-state index in [2.05, 4.69) is 14.1 Å². The highest BCUT2D eigenvalue weighted by Gasteiger charge is 2.24. The summed E-state index contributed by atoms with van der Waals surface area (Å²) in [6, 6.07) is 21.3. The van der Waals surface area contributed by atoms with Gasteiger partial charge in [0.1, 0.15) is 23.6 Å². The number of hydrogen-bond acceptors (Lipinski definition) is 7. The summed E-state index contributed by atoms with van der Waals surface area (Å²) in [6.07, 6.45) is 0. The molecule has 35 heavy (non-hydrogen) atoms. The van der Waals surface area contributed by atoms with E-state index in [0.717, 1.165) is 28.7 Å². The van der Waals surface area contributed by atoms with Crippen molar-refractivity contribution >= 4 is 40.1 Å². The van der Waals surface area contributed by atoms with Gasteiger partial charge in [0.2, 0.25) is 5.78 Å². The molecular formula is C27H21N3O4S. The molecule has 174 valence electrons. The number of carbonyl (C=O) groups is 2. The van der Waals surface area contributed by atoms with Gasteiger partial charge in [-0.15, -0.1) is 0 Å². The standard InChI is InChI=1S/C27H21N3O4S/c1-16-10-12-18(13-11-16)25(31)26-24(21-8-3-4-9-23(21)34-26)28-27(32)19-6-5-7-20(14-19)33-15-22-17(2)29-35-30-22/h3-14H,15H2,1-2H3,(H,28,32). The van der Waals surface area contributed by atoms with Gasteiger partial charge >= 0.3 is 0 Å². The number of nitrogens with zero attached hydrogens (tertiary/aromatic N) is 2. The average molecular weight is 484 g/mol. The van der Waals surface area contributed by atoms with E-state index in [1.165, 1.54) is 0 Å². The van der Waals surface area contributed by atoms with E-state index >= 15 is 0 Å². The summed E-state index contributed by atoms with van der Waals surface area (Å²) in [4.78, 5) is 26.5. The van der Waals surface area contributed by atoms with Crippen LogP contribution >= 0.6 is 11.7 Å². The molecule has 5 rings (SSSR count). The van der Waals surface area contributed by atoms with Crippen LogP contribution in [0.4, 0.5) is 5.69 Å². The van der Waals surface area contributed by atoms with Crippen LogP contribution in [0.5, 0.6) is 5.75 Å². The summed E-state index contributed by atoms with van der Waals surface area (Å²) in [5.41, 5.74) is 4.34. The Kier molecular flexibility index (Phi) is 6.12. The Morgan fingerprint density at radius 2 is 1.74 bits per heavy atom. The van der Waals surface area contributed by atoms with Crippen LogP contribution in [0.15, 0.2) is 77.2 Å². The zero-order valence-corrected chi connectivity index (χ0v) is 19.9. The van der Waals surface area contributed by atoms with Gasteiger partial charge in [0.25, 0.3) is 5.91 Å². The van der Waals surface area contributed by atoms with E-state index in [0.29, 0.717) is 33.5 Å². The molecule has 8 heteroatoms. The molecule has 0 aliphatic rings. The van der Waals surface area contributed by atoms with Crippen molar-refractivity contribution in [3.05, 3.63) is 107 Å². The summed E-state index contributed by atoms with van der Waals surface area (Å²) in [6.45, 7) is 4.08. The van der Waals surface area contributed by atoms with Crippen molar-refractivity contribution in [3.8, 4) is 5.75 Å². The first-order valence-electron chi connectivity index (χ1n) is 10.9. The number of anilines is 1. The molecule has 0 fully saturated rings. The third-order valence-electron chi connectivity index (χ3n) is 5.57. The van der Waals surface area contributed by atoms with E-state index in [4.69, 9.17) is 9.15 Å². The van der Waals surface area contributed by atoms with Gasteiger partial charge in [-0.05, 0) is 44.2 Å². The Balaban J connectivity index is 1.43. The van der Waals surface area contributed by atoms with E-state index in [1.54, 1.807) is 42.5 Å². The van der Waals surface area contributed by atoms with Crippen molar-refractivity contribution < 1.29 is 18.7 Å². The maximum Gasteiger partial charge on any atom is 0.255 e. The predicted octanol–water partition coefficient (Wildman–Crippen LogP) is 5.96. The lowest BCUT2D eigenvalue weighted by Gasteiger charge is -2.09. The molecule has 1 amide bonds.